The van der Waals surface area contributed by atoms with Crippen molar-refractivity contribution in [1.29, 1.82) is 0 Å². The lowest BCUT2D eigenvalue weighted by molar-refractivity contribution is -0.137. The van der Waals surface area contributed by atoms with Crippen molar-refractivity contribution in [2.24, 2.45) is 0 Å². The monoisotopic (exact) mass is 458 g/mol. The van der Waals surface area contributed by atoms with E-state index in [1.165, 1.54) is 20.5 Å². The molecule has 0 bridgehead atoms. The van der Waals surface area contributed by atoms with Crippen molar-refractivity contribution in [2.75, 3.05) is 44.7 Å². The van der Waals surface area contributed by atoms with Crippen LogP contribution in [0.1, 0.15) is 6.42 Å². The average molecular weight is 459 g/mol. The Morgan fingerprint density at radius 3 is 2.50 bits per heavy atom. The molecule has 1 saturated heterocycles. The quantitative estimate of drug-likeness (QED) is 0.547. The van der Waals surface area contributed by atoms with Crippen LogP contribution in [-0.2, 0) is 17.9 Å². The first-order valence-corrected chi connectivity index (χ1v) is 11.5. The number of aromatic nitrogens is 2. The number of aliphatic carboxylic acids is 1. The minimum atomic E-state index is -0.981. The number of benzene rings is 1. The first kappa shape index (κ1) is 22.1. The van der Waals surface area contributed by atoms with Crippen LogP contribution in [0.15, 0.2) is 44.6 Å². The molecule has 3 heterocycles. The molecule has 3 aromatic rings. The summed E-state index contributed by atoms with van der Waals surface area (Å²) in [6.07, 6.45) is -0.173. The molecule has 0 saturated carbocycles. The van der Waals surface area contributed by atoms with E-state index in [0.717, 1.165) is 37.6 Å². The van der Waals surface area contributed by atoms with Crippen molar-refractivity contribution < 1.29 is 14.6 Å². The Morgan fingerprint density at radius 1 is 1.03 bits per heavy atom. The topological polar surface area (TPSA) is 97.0 Å². The SMILES string of the molecule is COc1ccccc1N1CCN(CCn2c(=O)c3cscc3n(CCC(=O)O)c2=O)CC1. The summed E-state index contributed by atoms with van der Waals surface area (Å²) in [6.45, 7) is 4.14. The summed E-state index contributed by atoms with van der Waals surface area (Å²) in [6, 6.07) is 7.93. The fourth-order valence-electron chi connectivity index (χ4n) is 4.11. The summed E-state index contributed by atoms with van der Waals surface area (Å²) in [5, 5.41) is 12.9. The second-order valence-electron chi connectivity index (χ2n) is 7.71. The molecule has 0 spiro atoms. The van der Waals surface area contributed by atoms with Crippen molar-refractivity contribution in [1.82, 2.24) is 14.0 Å². The molecule has 10 heteroatoms. The maximum absolute atomic E-state index is 13.0. The molecule has 1 aliphatic rings. The van der Waals surface area contributed by atoms with Gasteiger partial charge >= 0.3 is 11.7 Å². The number of para-hydroxylation sites is 2. The lowest BCUT2D eigenvalue weighted by Gasteiger charge is -2.36. The van der Waals surface area contributed by atoms with Gasteiger partial charge in [-0.1, -0.05) is 12.1 Å². The van der Waals surface area contributed by atoms with Crippen LogP contribution < -0.4 is 20.9 Å². The molecule has 9 nitrogen and oxygen atoms in total. The van der Waals surface area contributed by atoms with Gasteiger partial charge in [0.15, 0.2) is 0 Å². The first-order valence-electron chi connectivity index (χ1n) is 10.5. The van der Waals surface area contributed by atoms with Crippen LogP contribution in [0.25, 0.3) is 10.9 Å². The van der Waals surface area contributed by atoms with E-state index in [9.17, 15) is 14.4 Å². The molecule has 1 N–H and O–H groups in total. The minimum absolute atomic E-state index is 0.0409. The summed E-state index contributed by atoms with van der Waals surface area (Å²) in [4.78, 5) is 41.4. The third-order valence-corrected chi connectivity index (χ3v) is 6.59. The molecular formula is C22H26N4O5S. The van der Waals surface area contributed by atoms with E-state index in [1.807, 2.05) is 24.3 Å². The van der Waals surface area contributed by atoms with E-state index < -0.39 is 11.7 Å². The molecule has 0 atom stereocenters. The van der Waals surface area contributed by atoms with Gasteiger partial charge in [0, 0.05) is 56.6 Å². The van der Waals surface area contributed by atoms with Crippen LogP contribution >= 0.6 is 11.3 Å². The molecular weight excluding hydrogens is 432 g/mol. The molecule has 0 unspecified atom stereocenters. The lowest BCUT2D eigenvalue weighted by Crippen LogP contribution is -2.49. The van der Waals surface area contributed by atoms with Gasteiger partial charge in [0.2, 0.25) is 0 Å². The van der Waals surface area contributed by atoms with E-state index in [1.54, 1.807) is 17.9 Å². The lowest BCUT2D eigenvalue weighted by atomic mass is 10.2. The average Bonchev–Trinajstić information content (AvgIpc) is 3.29. The van der Waals surface area contributed by atoms with Crippen molar-refractivity contribution in [3.05, 3.63) is 55.9 Å². The molecule has 4 rings (SSSR count). The van der Waals surface area contributed by atoms with E-state index in [0.29, 0.717) is 17.4 Å². The highest BCUT2D eigenvalue weighted by atomic mass is 32.1. The number of piperazine rings is 1. The van der Waals surface area contributed by atoms with Crippen LogP contribution in [0.2, 0.25) is 0 Å². The number of aryl methyl sites for hydroxylation is 1. The fourth-order valence-corrected chi connectivity index (χ4v) is 4.91. The third kappa shape index (κ3) is 4.42. The Morgan fingerprint density at radius 2 is 1.78 bits per heavy atom. The number of hydrogen-bond acceptors (Lipinski definition) is 7. The molecule has 1 aromatic carbocycles. The van der Waals surface area contributed by atoms with Crippen molar-refractivity contribution in [2.45, 2.75) is 19.5 Å². The number of carboxylic acid groups (broad SMARTS) is 1. The van der Waals surface area contributed by atoms with E-state index in [-0.39, 0.29) is 25.1 Å². The zero-order valence-electron chi connectivity index (χ0n) is 17.9. The predicted molar refractivity (Wildman–Crippen MR) is 124 cm³/mol. The zero-order valence-corrected chi connectivity index (χ0v) is 18.7. The van der Waals surface area contributed by atoms with Gasteiger partial charge in [-0.2, -0.15) is 0 Å². The summed E-state index contributed by atoms with van der Waals surface area (Å²) in [5.74, 6) is -0.135. The van der Waals surface area contributed by atoms with Gasteiger partial charge in [0.25, 0.3) is 5.56 Å². The predicted octanol–water partition coefficient (Wildman–Crippen LogP) is 1.53. The van der Waals surface area contributed by atoms with Gasteiger partial charge in [-0.15, -0.1) is 11.3 Å². The van der Waals surface area contributed by atoms with Crippen LogP contribution in [0.3, 0.4) is 0 Å². The van der Waals surface area contributed by atoms with Crippen molar-refractivity contribution in [3.8, 4) is 5.75 Å². The van der Waals surface area contributed by atoms with Gasteiger partial charge in [-0.25, -0.2) is 4.79 Å². The number of anilines is 1. The highest BCUT2D eigenvalue weighted by Crippen LogP contribution is 2.28. The second kappa shape index (κ2) is 9.58. The summed E-state index contributed by atoms with van der Waals surface area (Å²) in [7, 11) is 1.67. The number of ether oxygens (including phenoxy) is 1. The number of rotatable bonds is 8. The molecule has 0 radical (unpaired) electrons. The Hall–Kier alpha value is -3.11. The van der Waals surface area contributed by atoms with Gasteiger partial charge < -0.3 is 14.7 Å². The maximum Gasteiger partial charge on any atom is 0.331 e. The van der Waals surface area contributed by atoms with Crippen LogP contribution in [0.5, 0.6) is 5.75 Å². The zero-order chi connectivity index (χ0) is 22.7. The van der Waals surface area contributed by atoms with E-state index >= 15 is 0 Å². The summed E-state index contributed by atoms with van der Waals surface area (Å²) >= 11 is 1.33. The molecule has 1 fully saturated rings. The number of thiophene rings is 1. The van der Waals surface area contributed by atoms with E-state index in [4.69, 9.17) is 9.84 Å². The molecule has 170 valence electrons. The molecule has 32 heavy (non-hydrogen) atoms. The van der Waals surface area contributed by atoms with Gasteiger partial charge in [0.05, 0.1) is 30.1 Å². The number of hydrogen-bond donors (Lipinski definition) is 1. The Balaban J connectivity index is 1.46. The Labute approximate surface area is 188 Å². The Kier molecular flexibility index (Phi) is 6.61. The summed E-state index contributed by atoms with van der Waals surface area (Å²) in [5.41, 5.74) is 0.809. The van der Waals surface area contributed by atoms with Crippen molar-refractivity contribution in [3.63, 3.8) is 0 Å². The highest BCUT2D eigenvalue weighted by molar-refractivity contribution is 7.09. The molecule has 1 aliphatic heterocycles. The van der Waals surface area contributed by atoms with Crippen LogP contribution in [-0.4, -0.2) is 64.9 Å². The smallest absolute Gasteiger partial charge is 0.331 e. The van der Waals surface area contributed by atoms with Crippen LogP contribution in [0.4, 0.5) is 5.69 Å². The Bertz CT molecular complexity index is 1220. The number of methoxy groups -OCH3 is 1. The normalized spacial score (nSPS) is 14.7. The largest absolute Gasteiger partial charge is 0.495 e. The first-order chi connectivity index (χ1) is 15.5. The van der Waals surface area contributed by atoms with Gasteiger partial charge in [-0.05, 0) is 12.1 Å². The molecule has 0 amide bonds. The number of carbonyl (C=O) groups is 1. The number of carboxylic acids is 1. The van der Waals surface area contributed by atoms with E-state index in [2.05, 4.69) is 9.80 Å². The summed E-state index contributed by atoms with van der Waals surface area (Å²) < 4.78 is 8.11. The van der Waals surface area contributed by atoms with Gasteiger partial charge in [0.1, 0.15) is 5.75 Å². The molecule has 0 aliphatic carbocycles. The van der Waals surface area contributed by atoms with Crippen molar-refractivity contribution >= 4 is 33.9 Å². The maximum atomic E-state index is 13.0. The number of nitrogens with zero attached hydrogens (tertiary/aromatic N) is 4. The number of fused-ring (bicyclic) bond motifs is 1. The minimum Gasteiger partial charge on any atom is -0.495 e. The second-order valence-corrected chi connectivity index (χ2v) is 8.45. The van der Waals surface area contributed by atoms with Crippen LogP contribution in [0, 0.1) is 0 Å². The fraction of sp³-hybridized carbons (Fsp3) is 0.409. The van der Waals surface area contributed by atoms with Gasteiger partial charge in [-0.3, -0.25) is 23.6 Å². The molecule has 2 aromatic heterocycles. The highest BCUT2D eigenvalue weighted by Gasteiger charge is 2.21. The standard InChI is InChI=1S/C22H26N4O5S/c1-31-19-5-3-2-4-17(19)24-11-8-23(9-12-24)10-13-26-21(29)16-14-32-15-18(16)25(22(26)30)7-6-20(27)28/h2-5,14-15H,6-13H2,1H3,(H,27,28). The third-order valence-electron chi connectivity index (χ3n) is 5.86.